The first-order valence-electron chi connectivity index (χ1n) is 13.4. The molecule has 0 aliphatic rings. The number of nitrogens with zero attached hydrogens (tertiary/aromatic N) is 2. The van der Waals surface area contributed by atoms with Crippen LogP contribution in [0.25, 0.3) is 0 Å². The third kappa shape index (κ3) is 7.48. The summed E-state index contributed by atoms with van der Waals surface area (Å²) in [5.41, 5.74) is 5.54. The van der Waals surface area contributed by atoms with Gasteiger partial charge in [0.1, 0.15) is 0 Å². The van der Waals surface area contributed by atoms with E-state index in [0.29, 0.717) is 46.5 Å². The van der Waals surface area contributed by atoms with Crippen LogP contribution in [-0.2, 0) is 16.6 Å². The molecule has 4 rings (SSSR count). The van der Waals surface area contributed by atoms with Gasteiger partial charge in [0.15, 0.2) is 11.5 Å². The predicted octanol–water partition coefficient (Wildman–Crippen LogP) is 6.61. The van der Waals surface area contributed by atoms with E-state index in [1.807, 2.05) is 26.8 Å². The lowest BCUT2D eigenvalue weighted by molar-refractivity contribution is 0.0955. The number of amides is 1. The maximum Gasteiger partial charge on any atom is 0.271 e. The summed E-state index contributed by atoms with van der Waals surface area (Å²) in [5, 5.41) is 4.49. The standard InChI is InChI=1S/C32H32ClN3O5S/c1-4-40-30-18-14-25(19-31(30)41-5-2)21-34-35-32(37)26-15-12-24(13-16-26)22-36(29-20-27(33)17-11-23(29)3)42(38,39)28-9-7-6-8-10-28/h6-21H,4-5,22H2,1-3H3,(H,35,37)/b34-21-. The van der Waals surface area contributed by atoms with Gasteiger partial charge in [0.2, 0.25) is 0 Å². The van der Waals surface area contributed by atoms with E-state index in [9.17, 15) is 13.2 Å². The van der Waals surface area contributed by atoms with Crippen molar-refractivity contribution in [1.82, 2.24) is 5.43 Å². The summed E-state index contributed by atoms with van der Waals surface area (Å²) in [7, 11) is -3.91. The van der Waals surface area contributed by atoms with Crippen LogP contribution in [0.5, 0.6) is 11.5 Å². The molecule has 1 amide bonds. The molecule has 0 spiro atoms. The Morgan fingerprint density at radius 1 is 0.905 bits per heavy atom. The molecule has 218 valence electrons. The van der Waals surface area contributed by atoms with Gasteiger partial charge >= 0.3 is 0 Å². The van der Waals surface area contributed by atoms with E-state index in [4.69, 9.17) is 21.1 Å². The number of benzene rings is 4. The molecule has 0 saturated heterocycles. The number of ether oxygens (including phenoxy) is 2. The Hall–Kier alpha value is -4.34. The highest BCUT2D eigenvalue weighted by Gasteiger charge is 2.26. The van der Waals surface area contributed by atoms with Crippen molar-refractivity contribution in [3.8, 4) is 11.5 Å². The number of nitrogens with one attached hydrogen (secondary N) is 1. The van der Waals surface area contributed by atoms with Gasteiger partial charge in [0.05, 0.1) is 36.6 Å². The van der Waals surface area contributed by atoms with E-state index in [2.05, 4.69) is 10.5 Å². The van der Waals surface area contributed by atoms with Gasteiger partial charge < -0.3 is 9.47 Å². The van der Waals surface area contributed by atoms with Gasteiger partial charge in [-0.2, -0.15) is 5.10 Å². The number of carbonyl (C=O) groups is 1. The van der Waals surface area contributed by atoms with Crippen LogP contribution in [0.2, 0.25) is 5.02 Å². The monoisotopic (exact) mass is 605 g/mol. The van der Waals surface area contributed by atoms with Crippen molar-refractivity contribution in [3.05, 3.63) is 118 Å². The van der Waals surface area contributed by atoms with Crippen LogP contribution < -0.4 is 19.2 Å². The fourth-order valence-electron chi connectivity index (χ4n) is 4.18. The fraction of sp³-hybridized carbons (Fsp3) is 0.188. The number of halogens is 1. The molecular weight excluding hydrogens is 574 g/mol. The maximum atomic E-state index is 13.7. The summed E-state index contributed by atoms with van der Waals surface area (Å²) in [5.74, 6) is 0.830. The fourth-order valence-corrected chi connectivity index (χ4v) is 5.87. The first-order chi connectivity index (χ1) is 20.2. The van der Waals surface area contributed by atoms with Crippen LogP contribution in [0.4, 0.5) is 5.69 Å². The molecule has 0 aromatic heterocycles. The quantitative estimate of drug-likeness (QED) is 0.145. The number of hydrogen-bond donors (Lipinski definition) is 1. The minimum atomic E-state index is -3.91. The lowest BCUT2D eigenvalue weighted by Crippen LogP contribution is -2.31. The average molecular weight is 606 g/mol. The van der Waals surface area contributed by atoms with Gasteiger partial charge in [-0.3, -0.25) is 9.10 Å². The summed E-state index contributed by atoms with van der Waals surface area (Å²) in [6.45, 7) is 6.66. The first kappa shape index (κ1) is 30.6. The molecule has 0 aliphatic heterocycles. The number of hydrazone groups is 1. The molecule has 0 aliphatic carbocycles. The zero-order chi connectivity index (χ0) is 30.1. The highest BCUT2D eigenvalue weighted by molar-refractivity contribution is 7.92. The van der Waals surface area contributed by atoms with Crippen molar-refractivity contribution in [1.29, 1.82) is 0 Å². The molecule has 0 unspecified atom stereocenters. The Kier molecular flexibility index (Phi) is 10.2. The molecule has 0 fully saturated rings. The lowest BCUT2D eigenvalue weighted by Gasteiger charge is -2.26. The molecule has 0 heterocycles. The van der Waals surface area contributed by atoms with Gasteiger partial charge in [0, 0.05) is 10.6 Å². The zero-order valence-corrected chi connectivity index (χ0v) is 25.2. The highest BCUT2D eigenvalue weighted by atomic mass is 35.5. The van der Waals surface area contributed by atoms with Crippen molar-refractivity contribution in [2.24, 2.45) is 5.10 Å². The molecule has 4 aromatic carbocycles. The van der Waals surface area contributed by atoms with Gasteiger partial charge in [-0.15, -0.1) is 0 Å². The van der Waals surface area contributed by atoms with Crippen LogP contribution in [0, 0.1) is 6.92 Å². The number of rotatable bonds is 12. The van der Waals surface area contributed by atoms with Crippen LogP contribution >= 0.6 is 11.6 Å². The van der Waals surface area contributed by atoms with E-state index in [0.717, 1.165) is 11.1 Å². The molecule has 0 saturated carbocycles. The van der Waals surface area contributed by atoms with Gasteiger partial charge in [-0.05, 0) is 92.1 Å². The summed E-state index contributed by atoms with van der Waals surface area (Å²) in [6, 6.07) is 25.5. The van der Waals surface area contributed by atoms with E-state index < -0.39 is 15.9 Å². The normalized spacial score (nSPS) is 11.3. The Morgan fingerprint density at radius 2 is 1.60 bits per heavy atom. The van der Waals surface area contributed by atoms with E-state index in [-0.39, 0.29) is 11.4 Å². The second-order valence-corrected chi connectivity index (χ2v) is 11.5. The Morgan fingerprint density at radius 3 is 2.29 bits per heavy atom. The molecular formula is C32H32ClN3O5S. The smallest absolute Gasteiger partial charge is 0.271 e. The minimum absolute atomic E-state index is 0.0400. The molecule has 10 heteroatoms. The SMILES string of the molecule is CCOc1ccc(/C=N\NC(=O)c2ccc(CN(c3cc(Cl)ccc3C)S(=O)(=O)c3ccccc3)cc2)cc1OCC. The first-order valence-corrected chi connectivity index (χ1v) is 15.2. The Balaban J connectivity index is 1.50. The van der Waals surface area contributed by atoms with E-state index >= 15 is 0 Å². The number of sulfonamides is 1. The van der Waals surface area contributed by atoms with Crippen LogP contribution in [0.1, 0.15) is 40.9 Å². The predicted molar refractivity (Wildman–Crippen MR) is 166 cm³/mol. The summed E-state index contributed by atoms with van der Waals surface area (Å²) in [6.07, 6.45) is 1.52. The molecule has 4 aromatic rings. The van der Waals surface area contributed by atoms with Crippen molar-refractivity contribution >= 4 is 39.4 Å². The number of carbonyl (C=O) groups excluding carboxylic acids is 1. The molecule has 0 bridgehead atoms. The Bertz CT molecular complexity index is 1660. The summed E-state index contributed by atoms with van der Waals surface area (Å²) >= 11 is 6.25. The number of hydrogen-bond acceptors (Lipinski definition) is 6. The average Bonchev–Trinajstić information content (AvgIpc) is 2.99. The van der Waals surface area contributed by atoms with Gasteiger partial charge in [-0.1, -0.05) is 48.0 Å². The van der Waals surface area contributed by atoms with Gasteiger partial charge in [-0.25, -0.2) is 13.8 Å². The molecule has 0 atom stereocenters. The van der Waals surface area contributed by atoms with Crippen LogP contribution in [0.3, 0.4) is 0 Å². The molecule has 8 nitrogen and oxygen atoms in total. The maximum absolute atomic E-state index is 13.7. The van der Waals surface area contributed by atoms with Crippen molar-refractivity contribution in [2.45, 2.75) is 32.2 Å². The highest BCUT2D eigenvalue weighted by Crippen LogP contribution is 2.31. The van der Waals surface area contributed by atoms with Crippen molar-refractivity contribution in [3.63, 3.8) is 0 Å². The zero-order valence-electron chi connectivity index (χ0n) is 23.6. The summed E-state index contributed by atoms with van der Waals surface area (Å²) < 4.78 is 39.9. The molecule has 1 N–H and O–H groups in total. The third-order valence-corrected chi connectivity index (χ3v) is 8.27. The van der Waals surface area contributed by atoms with Gasteiger partial charge in [0.25, 0.3) is 15.9 Å². The topological polar surface area (TPSA) is 97.3 Å². The second kappa shape index (κ2) is 14.0. The lowest BCUT2D eigenvalue weighted by atomic mass is 10.1. The van der Waals surface area contributed by atoms with Crippen molar-refractivity contribution < 1.29 is 22.7 Å². The van der Waals surface area contributed by atoms with Crippen molar-refractivity contribution in [2.75, 3.05) is 17.5 Å². The van der Waals surface area contributed by atoms with Crippen LogP contribution in [0.15, 0.2) is 101 Å². The third-order valence-electron chi connectivity index (χ3n) is 6.26. The minimum Gasteiger partial charge on any atom is -0.490 e. The molecule has 0 radical (unpaired) electrons. The van der Waals surface area contributed by atoms with Crippen LogP contribution in [-0.4, -0.2) is 33.8 Å². The Labute approximate surface area is 251 Å². The van der Waals surface area contributed by atoms with E-state index in [1.54, 1.807) is 84.9 Å². The largest absolute Gasteiger partial charge is 0.490 e. The second-order valence-electron chi connectivity index (χ2n) is 9.22. The van der Waals surface area contributed by atoms with E-state index in [1.165, 1.54) is 10.5 Å². The molecule has 42 heavy (non-hydrogen) atoms. The summed E-state index contributed by atoms with van der Waals surface area (Å²) in [4.78, 5) is 12.9. The number of anilines is 1. The number of aryl methyl sites for hydroxylation is 1.